The van der Waals surface area contributed by atoms with Gasteiger partial charge in [-0.15, -0.1) is 0 Å². The highest BCUT2D eigenvalue weighted by atomic mass is 16.4. The zero-order valence-corrected chi connectivity index (χ0v) is 12.1. The topological polar surface area (TPSA) is 38.1 Å². The van der Waals surface area contributed by atoms with Crippen LogP contribution in [-0.4, -0.2) is 17.6 Å². The molecular weight excluding hydrogens is 248 g/mol. The van der Waals surface area contributed by atoms with Gasteiger partial charge in [0.15, 0.2) is 5.89 Å². The van der Waals surface area contributed by atoms with Gasteiger partial charge >= 0.3 is 0 Å². The molecule has 0 atom stereocenters. The Morgan fingerprint density at radius 2 is 2.15 bits per heavy atom. The Labute approximate surface area is 120 Å². The molecule has 1 saturated carbocycles. The molecule has 0 unspecified atom stereocenters. The highest BCUT2D eigenvalue weighted by Gasteiger charge is 2.19. The number of hydrogen-bond acceptors (Lipinski definition) is 3. The lowest BCUT2D eigenvalue weighted by Gasteiger charge is -2.01. The molecule has 1 aliphatic carbocycles. The van der Waals surface area contributed by atoms with E-state index in [0.717, 1.165) is 43.5 Å². The fourth-order valence-electron chi connectivity index (χ4n) is 2.39. The SMILES string of the molecule is Cc1cccc(CCc2cnc(CCNC3CC3)o2)c1. The highest BCUT2D eigenvalue weighted by Crippen LogP contribution is 2.18. The average Bonchev–Trinajstić information content (AvgIpc) is 3.15. The van der Waals surface area contributed by atoms with Crippen molar-refractivity contribution < 1.29 is 4.42 Å². The molecule has 20 heavy (non-hydrogen) atoms. The first-order chi connectivity index (χ1) is 9.79. The maximum Gasteiger partial charge on any atom is 0.195 e. The van der Waals surface area contributed by atoms with Gasteiger partial charge in [0.2, 0.25) is 0 Å². The fraction of sp³-hybridized carbons (Fsp3) is 0.471. The molecule has 1 N–H and O–H groups in total. The van der Waals surface area contributed by atoms with Gasteiger partial charge in [-0.2, -0.15) is 0 Å². The van der Waals surface area contributed by atoms with Crippen molar-refractivity contribution in [1.82, 2.24) is 10.3 Å². The fourth-order valence-corrected chi connectivity index (χ4v) is 2.39. The maximum atomic E-state index is 5.79. The smallest absolute Gasteiger partial charge is 0.195 e. The lowest BCUT2D eigenvalue weighted by atomic mass is 10.1. The molecule has 3 rings (SSSR count). The van der Waals surface area contributed by atoms with Crippen molar-refractivity contribution in [3.8, 4) is 0 Å². The van der Waals surface area contributed by atoms with Crippen LogP contribution in [0, 0.1) is 6.92 Å². The largest absolute Gasteiger partial charge is 0.446 e. The van der Waals surface area contributed by atoms with Crippen LogP contribution in [0.1, 0.15) is 35.6 Å². The van der Waals surface area contributed by atoms with Crippen LogP contribution in [0.4, 0.5) is 0 Å². The predicted octanol–water partition coefficient (Wildman–Crippen LogP) is 3.06. The molecule has 1 heterocycles. The highest BCUT2D eigenvalue weighted by molar-refractivity contribution is 5.22. The second-order valence-electron chi connectivity index (χ2n) is 5.69. The summed E-state index contributed by atoms with van der Waals surface area (Å²) >= 11 is 0. The van der Waals surface area contributed by atoms with Crippen molar-refractivity contribution in [2.24, 2.45) is 0 Å². The van der Waals surface area contributed by atoms with Gasteiger partial charge in [0.1, 0.15) is 5.76 Å². The molecule has 1 aliphatic rings. The van der Waals surface area contributed by atoms with Gasteiger partial charge in [0.25, 0.3) is 0 Å². The Morgan fingerprint density at radius 1 is 1.25 bits per heavy atom. The van der Waals surface area contributed by atoms with E-state index in [1.807, 2.05) is 6.20 Å². The summed E-state index contributed by atoms with van der Waals surface area (Å²) < 4.78 is 5.79. The number of hydrogen-bond donors (Lipinski definition) is 1. The van der Waals surface area contributed by atoms with Gasteiger partial charge < -0.3 is 9.73 Å². The number of benzene rings is 1. The quantitative estimate of drug-likeness (QED) is 0.840. The second kappa shape index (κ2) is 6.23. The van der Waals surface area contributed by atoms with E-state index in [4.69, 9.17) is 4.42 Å². The van der Waals surface area contributed by atoms with Crippen LogP contribution < -0.4 is 5.32 Å². The number of nitrogens with one attached hydrogen (secondary N) is 1. The van der Waals surface area contributed by atoms with Crippen molar-refractivity contribution in [3.05, 3.63) is 53.2 Å². The third-order valence-electron chi connectivity index (χ3n) is 3.69. The first-order valence-corrected chi connectivity index (χ1v) is 7.52. The molecular formula is C17H22N2O. The molecule has 1 fully saturated rings. The first-order valence-electron chi connectivity index (χ1n) is 7.52. The summed E-state index contributed by atoms with van der Waals surface area (Å²) in [5.41, 5.74) is 2.67. The lowest BCUT2D eigenvalue weighted by molar-refractivity contribution is 0.447. The summed E-state index contributed by atoms with van der Waals surface area (Å²) in [6.07, 6.45) is 7.35. The normalized spacial score (nSPS) is 14.7. The van der Waals surface area contributed by atoms with Gasteiger partial charge in [0, 0.05) is 25.4 Å². The number of aryl methyl sites for hydroxylation is 3. The second-order valence-corrected chi connectivity index (χ2v) is 5.69. The molecule has 0 amide bonds. The molecule has 0 spiro atoms. The van der Waals surface area contributed by atoms with Gasteiger partial charge in [-0.25, -0.2) is 4.98 Å². The molecule has 0 radical (unpaired) electrons. The number of aromatic nitrogens is 1. The number of rotatable bonds is 7. The van der Waals surface area contributed by atoms with E-state index in [-0.39, 0.29) is 0 Å². The van der Waals surface area contributed by atoms with Gasteiger partial charge in [0.05, 0.1) is 6.20 Å². The van der Waals surface area contributed by atoms with Gasteiger partial charge in [-0.1, -0.05) is 29.8 Å². The third-order valence-corrected chi connectivity index (χ3v) is 3.69. The monoisotopic (exact) mass is 270 g/mol. The maximum absolute atomic E-state index is 5.79. The summed E-state index contributed by atoms with van der Waals surface area (Å²) in [6.45, 7) is 3.10. The van der Waals surface area contributed by atoms with E-state index in [1.54, 1.807) is 0 Å². The van der Waals surface area contributed by atoms with Crippen LogP contribution in [0.2, 0.25) is 0 Å². The van der Waals surface area contributed by atoms with Gasteiger partial charge in [-0.3, -0.25) is 0 Å². The summed E-state index contributed by atoms with van der Waals surface area (Å²) in [6, 6.07) is 9.40. The Hall–Kier alpha value is -1.61. The molecule has 106 valence electrons. The van der Waals surface area contributed by atoms with Crippen molar-refractivity contribution in [2.75, 3.05) is 6.54 Å². The zero-order valence-electron chi connectivity index (χ0n) is 12.1. The van der Waals surface area contributed by atoms with E-state index in [1.165, 1.54) is 24.0 Å². The Bertz CT molecular complexity index is 558. The summed E-state index contributed by atoms with van der Waals surface area (Å²) in [7, 11) is 0. The molecule has 0 aliphatic heterocycles. The summed E-state index contributed by atoms with van der Waals surface area (Å²) in [4.78, 5) is 4.36. The van der Waals surface area contributed by atoms with Crippen LogP contribution in [0.5, 0.6) is 0 Å². The van der Waals surface area contributed by atoms with Crippen LogP contribution in [0.15, 0.2) is 34.9 Å². The molecule has 3 nitrogen and oxygen atoms in total. The van der Waals surface area contributed by atoms with Gasteiger partial charge in [-0.05, 0) is 31.7 Å². The van der Waals surface area contributed by atoms with E-state index in [0.29, 0.717) is 0 Å². The van der Waals surface area contributed by atoms with Crippen LogP contribution in [-0.2, 0) is 19.3 Å². The standard InChI is InChI=1S/C17H22N2O/c1-13-3-2-4-14(11-13)5-8-16-12-19-17(20-16)9-10-18-15-6-7-15/h2-4,11-12,15,18H,5-10H2,1H3. The van der Waals surface area contributed by atoms with Crippen molar-refractivity contribution in [3.63, 3.8) is 0 Å². The van der Waals surface area contributed by atoms with Crippen molar-refractivity contribution >= 4 is 0 Å². The van der Waals surface area contributed by atoms with E-state index in [2.05, 4.69) is 41.5 Å². The van der Waals surface area contributed by atoms with Crippen LogP contribution in [0.25, 0.3) is 0 Å². The van der Waals surface area contributed by atoms with Crippen LogP contribution in [0.3, 0.4) is 0 Å². The average molecular weight is 270 g/mol. The van der Waals surface area contributed by atoms with E-state index in [9.17, 15) is 0 Å². The lowest BCUT2D eigenvalue weighted by Crippen LogP contribution is -2.19. The predicted molar refractivity (Wildman–Crippen MR) is 79.8 cm³/mol. The zero-order chi connectivity index (χ0) is 13.8. The minimum absolute atomic E-state index is 0.755. The Balaban J connectivity index is 1.46. The first kappa shape index (κ1) is 13.4. The summed E-state index contributed by atoms with van der Waals surface area (Å²) in [5, 5.41) is 3.48. The molecule has 1 aromatic heterocycles. The molecule has 3 heteroatoms. The molecule has 0 bridgehead atoms. The number of nitrogens with zero attached hydrogens (tertiary/aromatic N) is 1. The van der Waals surface area contributed by atoms with Crippen LogP contribution >= 0.6 is 0 Å². The Kier molecular flexibility index (Phi) is 4.16. The van der Waals surface area contributed by atoms with E-state index < -0.39 is 0 Å². The van der Waals surface area contributed by atoms with Crippen molar-refractivity contribution in [1.29, 1.82) is 0 Å². The van der Waals surface area contributed by atoms with Crippen molar-refractivity contribution in [2.45, 2.75) is 45.1 Å². The summed E-state index contributed by atoms with van der Waals surface area (Å²) in [5.74, 6) is 1.85. The third kappa shape index (κ3) is 3.94. The minimum Gasteiger partial charge on any atom is -0.446 e. The molecule has 0 saturated heterocycles. The Morgan fingerprint density at radius 3 is 2.95 bits per heavy atom. The number of oxazole rings is 1. The molecule has 2 aromatic rings. The van der Waals surface area contributed by atoms with E-state index >= 15 is 0 Å². The molecule has 1 aromatic carbocycles. The minimum atomic E-state index is 0.755.